The Hall–Kier alpha value is -3.44. The Labute approximate surface area is 190 Å². The van der Waals surface area contributed by atoms with Crippen LogP contribution >= 0.6 is 15.9 Å². The van der Waals surface area contributed by atoms with Gasteiger partial charge in [-0.25, -0.2) is 0 Å². The molecule has 5 heteroatoms. The second kappa shape index (κ2) is 10.0. The number of rotatable bonds is 7. The lowest BCUT2D eigenvalue weighted by Gasteiger charge is -2.12. The Balaban J connectivity index is 1.41. The number of hydrogen-bond donors (Lipinski definition) is 2. The number of anilines is 2. The molecule has 1 amide bonds. The van der Waals surface area contributed by atoms with Crippen molar-refractivity contribution in [3.63, 3.8) is 0 Å². The van der Waals surface area contributed by atoms with Crippen molar-refractivity contribution in [1.82, 2.24) is 4.98 Å². The molecule has 3 aromatic carbocycles. The molecule has 0 bridgehead atoms. The van der Waals surface area contributed by atoms with Crippen LogP contribution in [-0.4, -0.2) is 17.4 Å². The fraction of sp³-hybridized carbons (Fsp3) is 0.0769. The average Bonchev–Trinajstić information content (AvgIpc) is 2.81. The fourth-order valence-electron chi connectivity index (χ4n) is 3.35. The Morgan fingerprint density at radius 2 is 1.45 bits per heavy atom. The molecule has 0 fully saturated rings. The van der Waals surface area contributed by atoms with E-state index in [2.05, 4.69) is 31.5 Å². The first-order valence-corrected chi connectivity index (χ1v) is 10.9. The Bertz CT molecular complexity index is 1160. The highest BCUT2D eigenvalue weighted by molar-refractivity contribution is 9.10. The van der Waals surface area contributed by atoms with Crippen LogP contribution in [0.4, 0.5) is 11.4 Å². The number of pyridine rings is 1. The molecule has 0 unspecified atom stereocenters. The number of carbonyl (C=O) groups excluding carboxylic acids is 1. The molecule has 154 valence electrons. The van der Waals surface area contributed by atoms with Crippen molar-refractivity contribution in [2.24, 2.45) is 0 Å². The van der Waals surface area contributed by atoms with Crippen LogP contribution in [0.25, 0.3) is 11.1 Å². The van der Waals surface area contributed by atoms with E-state index in [9.17, 15) is 4.79 Å². The highest BCUT2D eigenvalue weighted by Crippen LogP contribution is 2.31. The molecule has 31 heavy (non-hydrogen) atoms. The van der Waals surface area contributed by atoms with Gasteiger partial charge in [-0.3, -0.25) is 9.78 Å². The number of amides is 1. The zero-order chi connectivity index (χ0) is 21.5. The van der Waals surface area contributed by atoms with Gasteiger partial charge in [-0.15, -0.1) is 0 Å². The summed E-state index contributed by atoms with van der Waals surface area (Å²) in [4.78, 5) is 17.3. The fourth-order valence-corrected chi connectivity index (χ4v) is 3.84. The Kier molecular flexibility index (Phi) is 6.75. The van der Waals surface area contributed by atoms with E-state index in [4.69, 9.17) is 0 Å². The molecular weight excluding hydrogens is 450 g/mol. The van der Waals surface area contributed by atoms with E-state index in [-0.39, 0.29) is 5.91 Å². The van der Waals surface area contributed by atoms with Crippen molar-refractivity contribution in [2.45, 2.75) is 6.42 Å². The number of halogens is 1. The molecule has 1 aromatic heterocycles. The number of hydrogen-bond acceptors (Lipinski definition) is 3. The van der Waals surface area contributed by atoms with Crippen molar-refractivity contribution < 1.29 is 4.79 Å². The first-order chi connectivity index (χ1) is 15.2. The lowest BCUT2D eigenvalue weighted by Crippen LogP contribution is -2.13. The third-order valence-corrected chi connectivity index (χ3v) is 5.61. The molecule has 0 saturated carbocycles. The molecular formula is C26H22BrN3O. The summed E-state index contributed by atoms with van der Waals surface area (Å²) in [6.07, 6.45) is 2.66. The van der Waals surface area contributed by atoms with Gasteiger partial charge in [-0.2, -0.15) is 0 Å². The van der Waals surface area contributed by atoms with Gasteiger partial charge in [0.2, 0.25) is 0 Å². The van der Waals surface area contributed by atoms with Crippen LogP contribution < -0.4 is 10.6 Å². The number of benzene rings is 3. The maximum atomic E-state index is 13.0. The summed E-state index contributed by atoms with van der Waals surface area (Å²) in [6, 6.07) is 29.2. The maximum absolute atomic E-state index is 13.0. The molecule has 0 aliphatic carbocycles. The van der Waals surface area contributed by atoms with Crippen molar-refractivity contribution in [3.05, 3.63) is 113 Å². The SMILES string of the molecule is O=C(Nc1ccc(NCCc2ccccn2)cc1)c1ccccc1-c1ccccc1Br. The zero-order valence-electron chi connectivity index (χ0n) is 16.9. The van der Waals surface area contributed by atoms with Gasteiger partial charge in [0.15, 0.2) is 0 Å². The predicted octanol–water partition coefficient (Wildman–Crippen LogP) is 6.42. The minimum Gasteiger partial charge on any atom is -0.385 e. The quantitative estimate of drug-likeness (QED) is 0.327. The molecule has 4 rings (SSSR count). The standard InChI is InChI=1S/C26H22BrN3O/c27-25-11-4-3-9-23(25)22-8-1-2-10-24(22)26(31)30-21-14-12-20(13-15-21)29-18-16-19-7-5-6-17-28-19/h1-15,17,29H,16,18H2,(H,30,31). The number of nitrogens with one attached hydrogen (secondary N) is 2. The van der Waals surface area contributed by atoms with Gasteiger partial charge >= 0.3 is 0 Å². The van der Waals surface area contributed by atoms with Crippen LogP contribution in [0.5, 0.6) is 0 Å². The van der Waals surface area contributed by atoms with Crippen molar-refractivity contribution in [3.8, 4) is 11.1 Å². The topological polar surface area (TPSA) is 54.0 Å². The first-order valence-electron chi connectivity index (χ1n) is 10.1. The van der Waals surface area contributed by atoms with Crippen LogP contribution in [-0.2, 0) is 6.42 Å². The monoisotopic (exact) mass is 471 g/mol. The van der Waals surface area contributed by atoms with Crippen LogP contribution in [0.15, 0.2) is 102 Å². The second-order valence-electron chi connectivity index (χ2n) is 7.05. The van der Waals surface area contributed by atoms with Crippen molar-refractivity contribution in [1.29, 1.82) is 0 Å². The minimum atomic E-state index is -0.137. The second-order valence-corrected chi connectivity index (χ2v) is 7.91. The summed E-state index contributed by atoms with van der Waals surface area (Å²) < 4.78 is 0.955. The third kappa shape index (κ3) is 5.38. The molecule has 4 nitrogen and oxygen atoms in total. The Morgan fingerprint density at radius 3 is 2.19 bits per heavy atom. The summed E-state index contributed by atoms with van der Waals surface area (Å²) in [5, 5.41) is 6.39. The van der Waals surface area contributed by atoms with E-state index < -0.39 is 0 Å². The molecule has 0 saturated heterocycles. The van der Waals surface area contributed by atoms with Gasteiger partial charge in [-0.1, -0.05) is 58.4 Å². The average molecular weight is 472 g/mol. The zero-order valence-corrected chi connectivity index (χ0v) is 18.5. The first kappa shape index (κ1) is 20.8. The maximum Gasteiger partial charge on any atom is 0.256 e. The summed E-state index contributed by atoms with van der Waals surface area (Å²) in [5.74, 6) is -0.137. The number of nitrogens with zero attached hydrogens (tertiary/aromatic N) is 1. The summed E-state index contributed by atoms with van der Waals surface area (Å²) in [5.41, 5.74) is 5.32. The number of aromatic nitrogens is 1. The molecule has 4 aromatic rings. The molecule has 0 atom stereocenters. The predicted molar refractivity (Wildman–Crippen MR) is 130 cm³/mol. The Morgan fingerprint density at radius 1 is 0.774 bits per heavy atom. The van der Waals surface area contributed by atoms with Gasteiger partial charge in [0.05, 0.1) is 0 Å². The van der Waals surface area contributed by atoms with E-state index in [0.717, 1.165) is 45.6 Å². The van der Waals surface area contributed by atoms with Gasteiger partial charge < -0.3 is 10.6 Å². The molecule has 1 heterocycles. The highest BCUT2D eigenvalue weighted by atomic mass is 79.9. The highest BCUT2D eigenvalue weighted by Gasteiger charge is 2.14. The van der Waals surface area contributed by atoms with Crippen molar-refractivity contribution in [2.75, 3.05) is 17.2 Å². The van der Waals surface area contributed by atoms with Crippen LogP contribution in [0.3, 0.4) is 0 Å². The normalized spacial score (nSPS) is 10.5. The van der Waals surface area contributed by atoms with Crippen molar-refractivity contribution >= 4 is 33.2 Å². The van der Waals surface area contributed by atoms with E-state index in [1.165, 1.54) is 0 Å². The third-order valence-electron chi connectivity index (χ3n) is 4.91. The lowest BCUT2D eigenvalue weighted by atomic mass is 9.99. The van der Waals surface area contributed by atoms with E-state index in [1.807, 2.05) is 91.0 Å². The van der Waals surface area contributed by atoms with E-state index in [1.54, 1.807) is 6.20 Å². The summed E-state index contributed by atoms with van der Waals surface area (Å²) >= 11 is 3.58. The molecule has 0 aliphatic rings. The van der Waals surface area contributed by atoms with Gasteiger partial charge in [0.25, 0.3) is 5.91 Å². The summed E-state index contributed by atoms with van der Waals surface area (Å²) in [7, 11) is 0. The van der Waals surface area contributed by atoms with E-state index >= 15 is 0 Å². The number of carbonyl (C=O) groups is 1. The van der Waals surface area contributed by atoms with Gasteiger partial charge in [0, 0.05) is 46.3 Å². The molecule has 2 N–H and O–H groups in total. The molecule has 0 spiro atoms. The van der Waals surface area contributed by atoms with Gasteiger partial charge in [0.1, 0.15) is 0 Å². The lowest BCUT2D eigenvalue weighted by molar-refractivity contribution is 0.102. The van der Waals surface area contributed by atoms with Gasteiger partial charge in [-0.05, 0) is 59.7 Å². The molecule has 0 radical (unpaired) electrons. The smallest absolute Gasteiger partial charge is 0.256 e. The summed E-state index contributed by atoms with van der Waals surface area (Å²) in [6.45, 7) is 0.794. The van der Waals surface area contributed by atoms with Crippen LogP contribution in [0.2, 0.25) is 0 Å². The van der Waals surface area contributed by atoms with E-state index in [0.29, 0.717) is 5.56 Å². The van der Waals surface area contributed by atoms with Crippen LogP contribution in [0, 0.1) is 0 Å². The van der Waals surface area contributed by atoms with Crippen LogP contribution in [0.1, 0.15) is 16.1 Å². The minimum absolute atomic E-state index is 0.137. The molecule has 0 aliphatic heterocycles. The largest absolute Gasteiger partial charge is 0.385 e.